The minimum absolute atomic E-state index is 0.114. The number of ether oxygens (including phenoxy) is 1. The van der Waals surface area contributed by atoms with Crippen molar-refractivity contribution in [2.45, 2.75) is 11.8 Å². The summed E-state index contributed by atoms with van der Waals surface area (Å²) in [4.78, 5) is 24.3. The fourth-order valence-electron chi connectivity index (χ4n) is 3.75. The molecule has 0 bridgehead atoms. The third-order valence-corrected chi connectivity index (χ3v) is 6.56. The van der Waals surface area contributed by atoms with Crippen molar-refractivity contribution in [2.75, 3.05) is 33.6 Å². The molecule has 2 aromatic carbocycles. The second-order valence-corrected chi connectivity index (χ2v) is 9.20. The van der Waals surface area contributed by atoms with Crippen LogP contribution in [0.5, 0.6) is 0 Å². The molecule has 0 saturated carbocycles. The van der Waals surface area contributed by atoms with Crippen LogP contribution in [0.2, 0.25) is 0 Å². The summed E-state index contributed by atoms with van der Waals surface area (Å²) < 4.78 is 19.3. The maximum atomic E-state index is 12.9. The van der Waals surface area contributed by atoms with Crippen molar-refractivity contribution in [1.82, 2.24) is 19.4 Å². The molecule has 4 rings (SSSR count). The molecule has 170 valence electrons. The van der Waals surface area contributed by atoms with Crippen LogP contribution >= 0.6 is 0 Å². The van der Waals surface area contributed by atoms with E-state index in [-0.39, 0.29) is 5.91 Å². The number of likely N-dealkylation sites (N-methyl/N-ethyl adjacent to an activating group) is 1. The number of aryl methyl sites for hydroxylation is 1. The molecule has 0 saturated heterocycles. The highest BCUT2D eigenvalue weighted by Gasteiger charge is 2.18. The van der Waals surface area contributed by atoms with Crippen LogP contribution in [-0.4, -0.2) is 63.1 Å². The maximum absolute atomic E-state index is 12.9. The molecule has 8 heteroatoms. The van der Waals surface area contributed by atoms with Gasteiger partial charge in [-0.25, -0.2) is 9.97 Å². The van der Waals surface area contributed by atoms with Crippen molar-refractivity contribution in [3.63, 3.8) is 0 Å². The lowest BCUT2D eigenvalue weighted by Gasteiger charge is -2.16. The lowest BCUT2D eigenvalue weighted by Crippen LogP contribution is -2.29. The van der Waals surface area contributed by atoms with E-state index in [0.29, 0.717) is 29.6 Å². The number of fused-ring (bicyclic) bond motifs is 1. The lowest BCUT2D eigenvalue weighted by molar-refractivity contribution is 0.0744. The van der Waals surface area contributed by atoms with Crippen LogP contribution in [0.25, 0.3) is 28.0 Å². The lowest BCUT2D eigenvalue weighted by atomic mass is 10.0. The zero-order valence-corrected chi connectivity index (χ0v) is 19.9. The van der Waals surface area contributed by atoms with E-state index in [2.05, 4.69) is 9.97 Å². The van der Waals surface area contributed by atoms with Crippen molar-refractivity contribution in [2.24, 2.45) is 0 Å². The van der Waals surface area contributed by atoms with Crippen LogP contribution < -0.4 is 0 Å². The summed E-state index contributed by atoms with van der Waals surface area (Å²) in [5.41, 5.74) is 4.40. The molecule has 0 radical (unpaired) electrons. The summed E-state index contributed by atoms with van der Waals surface area (Å²) in [6, 6.07) is 13.5. The first-order valence-corrected chi connectivity index (χ1v) is 12.1. The van der Waals surface area contributed by atoms with Gasteiger partial charge in [0.25, 0.3) is 5.91 Å². The van der Waals surface area contributed by atoms with Gasteiger partial charge in [0.05, 0.1) is 27.8 Å². The summed E-state index contributed by atoms with van der Waals surface area (Å²) in [6.07, 6.45) is 6.99. The first-order chi connectivity index (χ1) is 15.9. The van der Waals surface area contributed by atoms with Crippen molar-refractivity contribution >= 4 is 27.6 Å². The van der Waals surface area contributed by atoms with Crippen molar-refractivity contribution in [3.05, 3.63) is 72.2 Å². The molecule has 0 aliphatic heterocycles. The highest BCUT2D eigenvalue weighted by Crippen LogP contribution is 2.28. The van der Waals surface area contributed by atoms with Gasteiger partial charge in [-0.2, -0.15) is 0 Å². The Labute approximate surface area is 195 Å². The van der Waals surface area contributed by atoms with Crippen LogP contribution in [0.15, 0.2) is 66.0 Å². The van der Waals surface area contributed by atoms with Crippen molar-refractivity contribution in [3.8, 4) is 17.1 Å². The summed E-state index contributed by atoms with van der Waals surface area (Å²) in [6.45, 7) is 3.00. The molecular formula is C25H26N4O3S. The number of rotatable bonds is 7. The molecule has 0 fully saturated rings. The number of nitrogens with zero attached hydrogens (tertiary/aromatic N) is 4. The van der Waals surface area contributed by atoms with Crippen LogP contribution in [0.1, 0.15) is 15.9 Å². The number of amides is 1. The maximum Gasteiger partial charge on any atom is 0.253 e. The Morgan fingerprint density at radius 1 is 1.15 bits per heavy atom. The molecule has 1 amide bonds. The molecule has 0 spiro atoms. The van der Waals surface area contributed by atoms with E-state index < -0.39 is 10.8 Å². The monoisotopic (exact) mass is 462 g/mol. The van der Waals surface area contributed by atoms with E-state index in [4.69, 9.17) is 4.74 Å². The Bertz CT molecular complexity index is 1330. The predicted octanol–water partition coefficient (Wildman–Crippen LogP) is 3.85. The molecular weight excluding hydrogens is 436 g/mol. The van der Waals surface area contributed by atoms with E-state index in [0.717, 1.165) is 27.6 Å². The van der Waals surface area contributed by atoms with Crippen LogP contribution in [-0.2, 0) is 15.5 Å². The molecule has 33 heavy (non-hydrogen) atoms. The van der Waals surface area contributed by atoms with Gasteiger partial charge in [0, 0.05) is 62.1 Å². The number of carbonyl (C=O) groups excluding carboxylic acids is 1. The quantitative estimate of drug-likeness (QED) is 0.417. The Morgan fingerprint density at radius 3 is 2.55 bits per heavy atom. The van der Waals surface area contributed by atoms with Gasteiger partial charge in [-0.1, -0.05) is 30.3 Å². The second-order valence-electron chi connectivity index (χ2n) is 7.86. The first kappa shape index (κ1) is 22.8. The van der Waals surface area contributed by atoms with Gasteiger partial charge in [-0.3, -0.25) is 13.6 Å². The second kappa shape index (κ2) is 9.64. The van der Waals surface area contributed by atoms with Gasteiger partial charge in [0.1, 0.15) is 0 Å². The minimum Gasteiger partial charge on any atom is -0.383 e. The SMILES string of the molecule is COCCN(C)C(=O)c1ccc2c(S(C)=O)cn(-c3ncc(-c4ccccc4C)cn3)c2c1. The van der Waals surface area contributed by atoms with E-state index >= 15 is 0 Å². The van der Waals surface area contributed by atoms with Gasteiger partial charge < -0.3 is 9.64 Å². The van der Waals surface area contributed by atoms with Crippen LogP contribution in [0.4, 0.5) is 0 Å². The number of hydrogen-bond acceptors (Lipinski definition) is 5. The topological polar surface area (TPSA) is 77.3 Å². The molecule has 1 atom stereocenters. The van der Waals surface area contributed by atoms with E-state index in [9.17, 15) is 9.00 Å². The highest BCUT2D eigenvalue weighted by atomic mass is 32.2. The fraction of sp³-hybridized carbons (Fsp3) is 0.240. The third-order valence-electron chi connectivity index (χ3n) is 5.61. The number of hydrogen-bond donors (Lipinski definition) is 0. The smallest absolute Gasteiger partial charge is 0.253 e. The molecule has 2 heterocycles. The zero-order chi connectivity index (χ0) is 23.5. The Morgan fingerprint density at radius 2 is 1.88 bits per heavy atom. The molecule has 7 nitrogen and oxygen atoms in total. The zero-order valence-electron chi connectivity index (χ0n) is 19.1. The average molecular weight is 463 g/mol. The summed E-state index contributed by atoms with van der Waals surface area (Å²) in [7, 11) is 2.13. The van der Waals surface area contributed by atoms with Gasteiger partial charge in [-0.15, -0.1) is 0 Å². The van der Waals surface area contributed by atoms with E-state index in [1.54, 1.807) is 60.6 Å². The molecule has 2 aromatic heterocycles. The van der Waals surface area contributed by atoms with Gasteiger partial charge in [0.2, 0.25) is 5.95 Å². The predicted molar refractivity (Wildman–Crippen MR) is 130 cm³/mol. The summed E-state index contributed by atoms with van der Waals surface area (Å²) in [5.74, 6) is 0.336. The third kappa shape index (κ3) is 4.58. The number of benzene rings is 2. The summed E-state index contributed by atoms with van der Waals surface area (Å²) in [5, 5.41) is 0.804. The molecule has 0 N–H and O–H groups in total. The van der Waals surface area contributed by atoms with Crippen LogP contribution in [0, 0.1) is 6.92 Å². The molecule has 0 aliphatic carbocycles. The van der Waals surface area contributed by atoms with Crippen LogP contribution in [0.3, 0.4) is 0 Å². The molecule has 0 aliphatic rings. The average Bonchev–Trinajstić information content (AvgIpc) is 3.21. The number of aromatic nitrogens is 3. The Kier molecular flexibility index (Phi) is 6.67. The molecule has 1 unspecified atom stereocenters. The largest absolute Gasteiger partial charge is 0.383 e. The highest BCUT2D eigenvalue weighted by molar-refractivity contribution is 7.84. The van der Waals surface area contributed by atoms with Gasteiger partial charge in [0.15, 0.2) is 0 Å². The summed E-state index contributed by atoms with van der Waals surface area (Å²) >= 11 is 0. The van der Waals surface area contributed by atoms with Gasteiger partial charge in [-0.05, 0) is 30.2 Å². The Balaban J connectivity index is 1.77. The number of methoxy groups -OCH3 is 1. The van der Waals surface area contributed by atoms with E-state index in [1.807, 2.05) is 37.3 Å². The Hall–Kier alpha value is -3.36. The van der Waals surface area contributed by atoms with Gasteiger partial charge >= 0.3 is 0 Å². The van der Waals surface area contributed by atoms with E-state index in [1.165, 1.54) is 0 Å². The van der Waals surface area contributed by atoms with Crippen molar-refractivity contribution < 1.29 is 13.7 Å². The molecule has 4 aromatic rings. The first-order valence-electron chi connectivity index (χ1n) is 10.5. The standard InChI is InChI=1S/C25H26N4O3S/c1-17-7-5-6-8-20(17)19-14-26-25(27-15-19)29-16-23(33(4)31)21-10-9-18(13-22(21)29)24(30)28(2)11-12-32-3/h5-10,13-16H,11-12H2,1-4H3. The fourth-order valence-corrected chi connectivity index (χ4v) is 4.49. The normalized spacial score (nSPS) is 12.1. The van der Waals surface area contributed by atoms with Crippen molar-refractivity contribution in [1.29, 1.82) is 0 Å². The minimum atomic E-state index is -1.21. The number of carbonyl (C=O) groups is 1.